The van der Waals surface area contributed by atoms with Crippen LogP contribution in [0.4, 0.5) is 8.78 Å². The first-order chi connectivity index (χ1) is 8.88. The van der Waals surface area contributed by atoms with Gasteiger partial charge in [-0.15, -0.1) is 6.58 Å². The number of nitrogens with zero attached hydrogens (tertiary/aromatic N) is 1. The molecule has 0 heterocycles. The molecule has 2 N–H and O–H groups in total. The fourth-order valence-electron chi connectivity index (χ4n) is 1.60. The van der Waals surface area contributed by atoms with Crippen molar-refractivity contribution in [3.8, 4) is 0 Å². The Labute approximate surface area is 111 Å². The number of sulfonamides is 1. The summed E-state index contributed by atoms with van der Waals surface area (Å²) in [7, 11) is -4.11. The van der Waals surface area contributed by atoms with E-state index < -0.39 is 26.6 Å². The number of benzene rings is 1. The standard InChI is InChI=1S/C12H16F2N2O2S/c1-3-5-16(4-2)19(17,18)11-7-9(8-15)6-10(13)12(11)14/h3,6-7H,1,4-5,8,15H2,2H3. The second-order valence-electron chi connectivity index (χ2n) is 3.84. The predicted octanol–water partition coefficient (Wildman–Crippen LogP) is 1.62. The summed E-state index contributed by atoms with van der Waals surface area (Å²) in [5.41, 5.74) is 5.55. The summed E-state index contributed by atoms with van der Waals surface area (Å²) in [6, 6.07) is 1.94. The van der Waals surface area contributed by atoms with Crippen molar-refractivity contribution in [1.29, 1.82) is 0 Å². The first-order valence-corrected chi connectivity index (χ1v) is 7.11. The summed E-state index contributed by atoms with van der Waals surface area (Å²) in [4.78, 5) is -0.698. The highest BCUT2D eigenvalue weighted by Crippen LogP contribution is 2.23. The molecule has 7 heteroatoms. The van der Waals surface area contributed by atoms with Crippen molar-refractivity contribution < 1.29 is 17.2 Å². The molecule has 0 saturated carbocycles. The molecule has 0 aliphatic carbocycles. The van der Waals surface area contributed by atoms with Crippen molar-refractivity contribution in [2.24, 2.45) is 5.73 Å². The highest BCUT2D eigenvalue weighted by atomic mass is 32.2. The number of hydrogen-bond acceptors (Lipinski definition) is 3. The van der Waals surface area contributed by atoms with Gasteiger partial charge in [-0.3, -0.25) is 0 Å². The van der Waals surface area contributed by atoms with Crippen LogP contribution in [0.25, 0.3) is 0 Å². The molecule has 0 aliphatic heterocycles. The Morgan fingerprint density at radius 1 is 1.42 bits per heavy atom. The number of nitrogens with two attached hydrogens (primary N) is 1. The summed E-state index contributed by atoms with van der Waals surface area (Å²) in [5.74, 6) is -2.61. The van der Waals surface area contributed by atoms with Gasteiger partial charge in [-0.25, -0.2) is 17.2 Å². The van der Waals surface area contributed by atoms with E-state index in [9.17, 15) is 17.2 Å². The van der Waals surface area contributed by atoms with E-state index in [-0.39, 0.29) is 25.2 Å². The minimum atomic E-state index is -4.11. The Hall–Kier alpha value is -1.31. The molecule has 0 aromatic heterocycles. The lowest BCUT2D eigenvalue weighted by atomic mass is 10.2. The van der Waals surface area contributed by atoms with Crippen LogP contribution in [0.2, 0.25) is 0 Å². The van der Waals surface area contributed by atoms with Gasteiger partial charge in [0.1, 0.15) is 4.90 Å². The molecular formula is C12H16F2N2O2S. The van der Waals surface area contributed by atoms with Crippen LogP contribution < -0.4 is 5.73 Å². The van der Waals surface area contributed by atoms with Crippen molar-refractivity contribution in [2.75, 3.05) is 13.1 Å². The number of halogens is 2. The zero-order chi connectivity index (χ0) is 14.6. The molecule has 0 amide bonds. The largest absolute Gasteiger partial charge is 0.326 e. The van der Waals surface area contributed by atoms with Crippen LogP contribution in [0.15, 0.2) is 29.7 Å². The smallest absolute Gasteiger partial charge is 0.246 e. The Bertz CT molecular complexity index is 573. The van der Waals surface area contributed by atoms with Crippen molar-refractivity contribution in [3.05, 3.63) is 42.0 Å². The van der Waals surface area contributed by atoms with E-state index in [0.717, 1.165) is 16.4 Å². The summed E-state index contributed by atoms with van der Waals surface area (Å²) < 4.78 is 52.5. The normalized spacial score (nSPS) is 11.8. The van der Waals surface area contributed by atoms with E-state index >= 15 is 0 Å². The van der Waals surface area contributed by atoms with Gasteiger partial charge >= 0.3 is 0 Å². The summed E-state index contributed by atoms with van der Waals surface area (Å²) in [6.07, 6.45) is 1.38. The Morgan fingerprint density at radius 2 is 2.05 bits per heavy atom. The molecule has 0 bridgehead atoms. The molecule has 0 radical (unpaired) electrons. The molecule has 1 aromatic rings. The maximum atomic E-state index is 13.7. The van der Waals surface area contributed by atoms with Crippen LogP contribution in [0.5, 0.6) is 0 Å². The monoisotopic (exact) mass is 290 g/mol. The van der Waals surface area contributed by atoms with E-state index in [0.29, 0.717) is 0 Å². The summed E-state index contributed by atoms with van der Waals surface area (Å²) in [5, 5.41) is 0. The third-order valence-corrected chi connectivity index (χ3v) is 4.53. The van der Waals surface area contributed by atoms with Gasteiger partial charge in [-0.05, 0) is 17.7 Å². The molecule has 4 nitrogen and oxygen atoms in total. The van der Waals surface area contributed by atoms with Crippen LogP contribution in [0, 0.1) is 11.6 Å². The average Bonchev–Trinajstić information content (AvgIpc) is 2.38. The molecule has 0 unspecified atom stereocenters. The zero-order valence-electron chi connectivity index (χ0n) is 10.6. The van der Waals surface area contributed by atoms with Crippen LogP contribution >= 0.6 is 0 Å². The molecule has 0 atom stereocenters. The van der Waals surface area contributed by atoms with E-state index in [1.807, 2.05) is 0 Å². The lowest BCUT2D eigenvalue weighted by molar-refractivity contribution is 0.442. The Balaban J connectivity index is 3.42. The molecule has 0 aliphatic rings. The number of likely N-dealkylation sites (N-methyl/N-ethyl adjacent to an activating group) is 1. The molecule has 0 saturated heterocycles. The highest BCUT2D eigenvalue weighted by Gasteiger charge is 2.27. The van der Waals surface area contributed by atoms with Crippen LogP contribution in [-0.2, 0) is 16.6 Å². The number of hydrogen-bond donors (Lipinski definition) is 1. The highest BCUT2D eigenvalue weighted by molar-refractivity contribution is 7.89. The van der Waals surface area contributed by atoms with Crippen molar-refractivity contribution in [2.45, 2.75) is 18.4 Å². The minimum absolute atomic E-state index is 0.0206. The SMILES string of the molecule is C=CCN(CC)S(=O)(=O)c1cc(CN)cc(F)c1F. The first-order valence-electron chi connectivity index (χ1n) is 5.67. The van der Waals surface area contributed by atoms with Gasteiger partial charge in [0, 0.05) is 19.6 Å². The topological polar surface area (TPSA) is 63.4 Å². The maximum Gasteiger partial charge on any atom is 0.246 e. The maximum absolute atomic E-state index is 13.7. The Kier molecular flexibility index (Phi) is 5.16. The van der Waals surface area contributed by atoms with Gasteiger partial charge < -0.3 is 5.73 Å². The molecule has 1 rings (SSSR count). The lowest BCUT2D eigenvalue weighted by Gasteiger charge is -2.19. The van der Waals surface area contributed by atoms with Crippen LogP contribution in [0.1, 0.15) is 12.5 Å². The zero-order valence-corrected chi connectivity index (χ0v) is 11.4. The first kappa shape index (κ1) is 15.7. The van der Waals surface area contributed by atoms with Crippen molar-refractivity contribution in [1.82, 2.24) is 4.31 Å². The molecule has 106 valence electrons. The minimum Gasteiger partial charge on any atom is -0.326 e. The van der Waals surface area contributed by atoms with Gasteiger partial charge in [0.2, 0.25) is 10.0 Å². The third kappa shape index (κ3) is 3.17. The van der Waals surface area contributed by atoms with Crippen molar-refractivity contribution in [3.63, 3.8) is 0 Å². The van der Waals surface area contributed by atoms with Crippen LogP contribution in [-0.4, -0.2) is 25.8 Å². The summed E-state index contributed by atoms with van der Waals surface area (Å²) in [6.45, 7) is 5.11. The molecule has 0 spiro atoms. The molecular weight excluding hydrogens is 274 g/mol. The second kappa shape index (κ2) is 6.23. The van der Waals surface area contributed by atoms with Gasteiger partial charge in [-0.2, -0.15) is 4.31 Å². The molecule has 19 heavy (non-hydrogen) atoms. The predicted molar refractivity (Wildman–Crippen MR) is 68.9 cm³/mol. The average molecular weight is 290 g/mol. The second-order valence-corrected chi connectivity index (χ2v) is 5.74. The van der Waals surface area contributed by atoms with Crippen LogP contribution in [0.3, 0.4) is 0 Å². The molecule has 0 fully saturated rings. The lowest BCUT2D eigenvalue weighted by Crippen LogP contribution is -2.32. The fraction of sp³-hybridized carbons (Fsp3) is 0.333. The van der Waals surface area contributed by atoms with E-state index in [2.05, 4.69) is 6.58 Å². The van der Waals surface area contributed by atoms with E-state index in [4.69, 9.17) is 5.73 Å². The number of rotatable bonds is 6. The fourth-order valence-corrected chi connectivity index (χ4v) is 3.15. The van der Waals surface area contributed by atoms with E-state index in [1.165, 1.54) is 6.08 Å². The van der Waals surface area contributed by atoms with Crippen molar-refractivity contribution >= 4 is 10.0 Å². The molecule has 1 aromatic carbocycles. The third-order valence-electron chi connectivity index (χ3n) is 2.59. The van der Waals surface area contributed by atoms with E-state index in [1.54, 1.807) is 6.92 Å². The van der Waals surface area contributed by atoms with Gasteiger partial charge in [0.05, 0.1) is 0 Å². The van der Waals surface area contributed by atoms with Gasteiger partial charge in [0.25, 0.3) is 0 Å². The van der Waals surface area contributed by atoms with Gasteiger partial charge in [0.15, 0.2) is 11.6 Å². The summed E-state index contributed by atoms with van der Waals surface area (Å²) >= 11 is 0. The quantitative estimate of drug-likeness (QED) is 0.810. The van der Waals surface area contributed by atoms with Gasteiger partial charge in [-0.1, -0.05) is 13.0 Å². The Morgan fingerprint density at radius 3 is 2.53 bits per heavy atom.